The lowest BCUT2D eigenvalue weighted by molar-refractivity contribution is 0.0780. The number of rotatable bonds is 8. The van der Waals surface area contributed by atoms with Crippen LogP contribution in [0.4, 0.5) is 11.4 Å². The molecule has 0 unspecified atom stereocenters. The molecule has 1 atom stereocenters. The second kappa shape index (κ2) is 10.3. The van der Waals surface area contributed by atoms with Gasteiger partial charge in [-0.15, -0.1) is 12.0 Å². The summed E-state index contributed by atoms with van der Waals surface area (Å²) < 4.78 is 5.92. The molecule has 0 amide bonds. The normalized spacial score (nSPS) is 17.0. The van der Waals surface area contributed by atoms with Crippen LogP contribution in [0.1, 0.15) is 57.7 Å². The third-order valence-electron chi connectivity index (χ3n) is 7.13. The van der Waals surface area contributed by atoms with Gasteiger partial charge >= 0.3 is 0 Å². The SMILES string of the molecule is C#Cc1cnc2c(Cl)cc(N[C@H](C3=C(OC)N(C4(C)CC4)NN3)c3ccccc3Cl)cc2c1NCC(C)(C)C. The van der Waals surface area contributed by atoms with Crippen molar-refractivity contribution in [3.63, 3.8) is 0 Å². The summed E-state index contributed by atoms with van der Waals surface area (Å²) in [5, 5.41) is 11.3. The van der Waals surface area contributed by atoms with E-state index in [-0.39, 0.29) is 17.0 Å². The van der Waals surface area contributed by atoms with Crippen LogP contribution < -0.4 is 21.6 Å². The molecule has 2 aromatic carbocycles. The quantitative estimate of drug-likeness (QED) is 0.223. The molecule has 0 saturated heterocycles. The highest BCUT2D eigenvalue weighted by Gasteiger charge is 2.49. The highest BCUT2D eigenvalue weighted by atomic mass is 35.5. The van der Waals surface area contributed by atoms with Crippen molar-refractivity contribution in [2.24, 2.45) is 5.41 Å². The highest BCUT2D eigenvalue weighted by molar-refractivity contribution is 6.36. The number of ether oxygens (including phenoxy) is 1. The number of benzene rings is 2. The Morgan fingerprint density at radius 3 is 2.59 bits per heavy atom. The largest absolute Gasteiger partial charge is 0.480 e. The van der Waals surface area contributed by atoms with Crippen molar-refractivity contribution in [1.82, 2.24) is 21.0 Å². The molecule has 5 rings (SSSR count). The van der Waals surface area contributed by atoms with E-state index in [9.17, 15) is 0 Å². The van der Waals surface area contributed by atoms with Crippen molar-refractivity contribution in [1.29, 1.82) is 0 Å². The number of nitrogens with one attached hydrogen (secondary N) is 4. The summed E-state index contributed by atoms with van der Waals surface area (Å²) in [4.78, 5) is 4.57. The average Bonchev–Trinajstić information content (AvgIpc) is 3.49. The predicted molar refractivity (Wildman–Crippen MR) is 160 cm³/mol. The smallest absolute Gasteiger partial charge is 0.229 e. The first-order valence-electron chi connectivity index (χ1n) is 13.0. The summed E-state index contributed by atoms with van der Waals surface area (Å²) in [6.45, 7) is 9.44. The Hall–Kier alpha value is -3.31. The van der Waals surface area contributed by atoms with E-state index in [1.165, 1.54) is 0 Å². The lowest BCUT2D eigenvalue weighted by Crippen LogP contribution is -2.45. The summed E-state index contributed by atoms with van der Waals surface area (Å²) in [7, 11) is 1.68. The Bertz CT molecular complexity index is 1490. The predicted octanol–water partition coefficient (Wildman–Crippen LogP) is 6.83. The lowest BCUT2D eigenvalue weighted by atomic mass is 9.96. The molecule has 0 radical (unpaired) electrons. The van der Waals surface area contributed by atoms with Gasteiger partial charge in [-0.05, 0) is 48.9 Å². The molecule has 4 N–H and O–H groups in total. The molecule has 1 aromatic heterocycles. The maximum absolute atomic E-state index is 6.81. The fraction of sp³-hybridized carbons (Fsp3) is 0.367. The standard InChI is InChI=1S/C30H34Cl2N6O/c1-7-18-16-33-25-21(24(18)34-17-29(2,3)4)14-19(15-23(25)32)35-26(20-10-8-9-11-22(20)31)27-28(39-6)38(37-36-27)30(5)12-13-30/h1,8-11,14-16,26,35-37H,12-13,17H2,2-6H3,(H,33,34)/t26-/m0/s1. The highest BCUT2D eigenvalue weighted by Crippen LogP contribution is 2.45. The van der Waals surface area contributed by atoms with Gasteiger partial charge in [0.25, 0.3) is 0 Å². The molecule has 39 heavy (non-hydrogen) atoms. The molecule has 2 heterocycles. The van der Waals surface area contributed by atoms with E-state index >= 15 is 0 Å². The fourth-order valence-corrected chi connectivity index (χ4v) is 5.21. The number of hydrogen-bond acceptors (Lipinski definition) is 7. The van der Waals surface area contributed by atoms with E-state index in [4.69, 9.17) is 34.4 Å². The minimum absolute atomic E-state index is 0.0116. The van der Waals surface area contributed by atoms with Gasteiger partial charge in [0.15, 0.2) is 0 Å². The van der Waals surface area contributed by atoms with Crippen LogP contribution in [-0.2, 0) is 4.74 Å². The number of terminal acetylenes is 1. The van der Waals surface area contributed by atoms with Crippen LogP contribution in [-0.4, -0.2) is 29.2 Å². The third kappa shape index (κ3) is 5.42. The molecule has 7 nitrogen and oxygen atoms in total. The van der Waals surface area contributed by atoms with Crippen molar-refractivity contribution < 1.29 is 4.74 Å². The molecular weight excluding hydrogens is 531 g/mol. The summed E-state index contributed by atoms with van der Waals surface area (Å²) in [6, 6.07) is 11.3. The zero-order valence-corrected chi connectivity index (χ0v) is 24.4. The molecular formula is C30H34Cl2N6O. The van der Waals surface area contributed by atoms with Gasteiger partial charge in [-0.1, -0.05) is 68.1 Å². The number of fused-ring (bicyclic) bond motifs is 1. The van der Waals surface area contributed by atoms with E-state index in [2.05, 4.69) is 65.2 Å². The van der Waals surface area contributed by atoms with E-state index in [1.807, 2.05) is 36.4 Å². The average molecular weight is 566 g/mol. The Balaban J connectivity index is 1.62. The van der Waals surface area contributed by atoms with Crippen LogP contribution in [0.2, 0.25) is 10.0 Å². The molecule has 2 aliphatic rings. The zero-order chi connectivity index (χ0) is 27.9. The van der Waals surface area contributed by atoms with Crippen LogP contribution in [0, 0.1) is 17.8 Å². The number of pyridine rings is 1. The molecule has 1 aliphatic heterocycles. The summed E-state index contributed by atoms with van der Waals surface area (Å²) in [6.07, 6.45) is 9.70. The Morgan fingerprint density at radius 2 is 1.95 bits per heavy atom. The Kier molecular flexibility index (Phi) is 7.23. The van der Waals surface area contributed by atoms with Gasteiger partial charge in [-0.2, -0.15) is 0 Å². The van der Waals surface area contributed by atoms with Crippen molar-refractivity contribution in [3.8, 4) is 12.3 Å². The summed E-state index contributed by atoms with van der Waals surface area (Å²) in [5.74, 6) is 3.48. The number of nitrogens with zero attached hydrogens (tertiary/aromatic N) is 2. The van der Waals surface area contributed by atoms with Gasteiger partial charge in [-0.25, -0.2) is 0 Å². The Morgan fingerprint density at radius 1 is 1.21 bits per heavy atom. The molecule has 9 heteroatoms. The van der Waals surface area contributed by atoms with Gasteiger partial charge in [0.1, 0.15) is 5.70 Å². The number of hydrogen-bond donors (Lipinski definition) is 4. The second-order valence-electron chi connectivity index (χ2n) is 11.6. The maximum atomic E-state index is 6.81. The van der Waals surface area contributed by atoms with Crippen molar-refractivity contribution >= 4 is 45.5 Å². The first-order chi connectivity index (χ1) is 18.5. The number of anilines is 2. The molecule has 204 valence electrons. The monoisotopic (exact) mass is 564 g/mol. The van der Waals surface area contributed by atoms with Crippen molar-refractivity contribution in [2.45, 2.75) is 52.1 Å². The van der Waals surface area contributed by atoms with Gasteiger partial charge in [0.05, 0.1) is 40.5 Å². The van der Waals surface area contributed by atoms with E-state index in [1.54, 1.807) is 13.3 Å². The molecule has 0 bridgehead atoms. The Labute approximate surface area is 240 Å². The van der Waals surface area contributed by atoms with Crippen molar-refractivity contribution in [2.75, 3.05) is 24.3 Å². The lowest BCUT2D eigenvalue weighted by Gasteiger charge is -2.27. The number of halogens is 2. The third-order valence-corrected chi connectivity index (χ3v) is 7.77. The maximum Gasteiger partial charge on any atom is 0.229 e. The number of aromatic nitrogens is 1. The van der Waals surface area contributed by atoms with E-state index in [0.717, 1.165) is 47.4 Å². The first kappa shape index (κ1) is 27.3. The zero-order valence-electron chi connectivity index (χ0n) is 22.9. The second-order valence-corrected chi connectivity index (χ2v) is 12.4. The van der Waals surface area contributed by atoms with Crippen LogP contribution in [0.15, 0.2) is 54.2 Å². The van der Waals surface area contributed by atoms with Crippen LogP contribution >= 0.6 is 23.2 Å². The first-order valence-corrected chi connectivity index (χ1v) is 13.7. The summed E-state index contributed by atoms with van der Waals surface area (Å²) in [5.41, 5.74) is 11.4. The van der Waals surface area contributed by atoms with E-state index in [0.29, 0.717) is 27.0 Å². The van der Waals surface area contributed by atoms with Crippen LogP contribution in [0.25, 0.3) is 10.9 Å². The number of hydrazine groups is 2. The minimum atomic E-state index is -0.378. The minimum Gasteiger partial charge on any atom is -0.480 e. The molecule has 1 saturated carbocycles. The molecule has 0 spiro atoms. The molecule has 1 aliphatic carbocycles. The molecule has 1 fully saturated rings. The van der Waals surface area contributed by atoms with Gasteiger partial charge in [-0.3, -0.25) is 9.99 Å². The molecule has 3 aromatic rings. The van der Waals surface area contributed by atoms with Crippen LogP contribution in [0.3, 0.4) is 0 Å². The summed E-state index contributed by atoms with van der Waals surface area (Å²) >= 11 is 13.5. The van der Waals surface area contributed by atoms with E-state index < -0.39 is 0 Å². The van der Waals surface area contributed by atoms with Gasteiger partial charge in [0.2, 0.25) is 5.88 Å². The van der Waals surface area contributed by atoms with Crippen molar-refractivity contribution in [3.05, 3.63) is 75.3 Å². The topological polar surface area (TPSA) is 73.5 Å². The van der Waals surface area contributed by atoms with Crippen LogP contribution in [0.5, 0.6) is 0 Å². The van der Waals surface area contributed by atoms with Gasteiger partial charge < -0.3 is 20.8 Å². The fourth-order valence-electron chi connectivity index (χ4n) is 4.70. The number of methoxy groups -OCH3 is 1. The van der Waals surface area contributed by atoms with Gasteiger partial charge in [0, 0.05) is 28.8 Å².